The first kappa shape index (κ1) is 14.2. The molecule has 4 heteroatoms. The van der Waals surface area contributed by atoms with Crippen molar-refractivity contribution < 1.29 is 14.7 Å². The number of aliphatic carboxylic acids is 1. The Morgan fingerprint density at radius 1 is 1.22 bits per heavy atom. The molecule has 0 saturated heterocycles. The Hall–Kier alpha value is -1.84. The summed E-state index contributed by atoms with van der Waals surface area (Å²) in [5, 5.41) is 8.85. The van der Waals surface area contributed by atoms with E-state index >= 15 is 0 Å². The number of carbonyl (C=O) groups is 2. The lowest BCUT2D eigenvalue weighted by Crippen LogP contribution is -2.46. The van der Waals surface area contributed by atoms with Crippen LogP contribution in [0.5, 0.6) is 0 Å². The van der Waals surface area contributed by atoms with Crippen molar-refractivity contribution in [1.82, 2.24) is 4.90 Å². The van der Waals surface area contributed by atoms with Crippen LogP contribution in [0, 0.1) is 6.92 Å². The smallest absolute Gasteiger partial charge is 0.305 e. The maximum Gasteiger partial charge on any atom is 0.305 e. The Balaban J connectivity index is 2.89. The van der Waals surface area contributed by atoms with Crippen LogP contribution in [-0.4, -0.2) is 34.5 Å². The molecule has 0 aliphatic heterocycles. The molecule has 0 aliphatic carbocycles. The normalized spacial score (nSPS) is 11.1. The Morgan fingerprint density at radius 2 is 1.72 bits per heavy atom. The summed E-state index contributed by atoms with van der Waals surface area (Å²) in [4.78, 5) is 24.5. The van der Waals surface area contributed by atoms with Gasteiger partial charge >= 0.3 is 5.97 Å². The Kier molecular flexibility index (Phi) is 4.11. The van der Waals surface area contributed by atoms with Crippen molar-refractivity contribution >= 4 is 11.9 Å². The molecule has 1 aromatic rings. The van der Waals surface area contributed by atoms with E-state index in [1.807, 2.05) is 19.1 Å². The molecule has 0 aliphatic rings. The number of benzene rings is 1. The van der Waals surface area contributed by atoms with E-state index in [9.17, 15) is 9.59 Å². The number of hydrogen-bond donors (Lipinski definition) is 1. The minimum absolute atomic E-state index is 0.0822. The number of nitrogens with zero attached hydrogens (tertiary/aromatic N) is 1. The van der Waals surface area contributed by atoms with E-state index in [1.54, 1.807) is 33.0 Å². The number of amides is 1. The van der Waals surface area contributed by atoms with Crippen LogP contribution in [0.3, 0.4) is 0 Å². The van der Waals surface area contributed by atoms with Gasteiger partial charge in [0.2, 0.25) is 0 Å². The standard InChI is InChI=1S/C14H19NO3/c1-10-5-7-11(8-6-10)13(18)15(4)14(2,3)9-12(16)17/h5-8H,9H2,1-4H3,(H,16,17). The summed E-state index contributed by atoms with van der Waals surface area (Å²) in [6.07, 6.45) is -0.0822. The van der Waals surface area contributed by atoms with Gasteiger partial charge in [-0.05, 0) is 32.9 Å². The zero-order valence-corrected chi connectivity index (χ0v) is 11.2. The van der Waals surface area contributed by atoms with Crippen molar-refractivity contribution in [2.75, 3.05) is 7.05 Å². The molecule has 0 spiro atoms. The lowest BCUT2D eigenvalue weighted by atomic mass is 9.97. The summed E-state index contributed by atoms with van der Waals surface area (Å²) >= 11 is 0. The van der Waals surface area contributed by atoms with Crippen LogP contribution >= 0.6 is 0 Å². The van der Waals surface area contributed by atoms with Gasteiger partial charge in [0.25, 0.3) is 5.91 Å². The van der Waals surface area contributed by atoms with Crippen LogP contribution in [0.1, 0.15) is 36.2 Å². The number of aryl methyl sites for hydroxylation is 1. The fourth-order valence-electron chi connectivity index (χ4n) is 1.65. The highest BCUT2D eigenvalue weighted by Crippen LogP contribution is 2.20. The van der Waals surface area contributed by atoms with Crippen LogP contribution in [0.4, 0.5) is 0 Å². The third-order valence-corrected chi connectivity index (χ3v) is 3.09. The van der Waals surface area contributed by atoms with Crippen LogP contribution in [0.2, 0.25) is 0 Å². The fourth-order valence-corrected chi connectivity index (χ4v) is 1.65. The summed E-state index contributed by atoms with van der Waals surface area (Å²) < 4.78 is 0. The zero-order valence-electron chi connectivity index (χ0n) is 11.2. The van der Waals surface area contributed by atoms with Gasteiger partial charge in [-0.1, -0.05) is 17.7 Å². The highest BCUT2D eigenvalue weighted by molar-refractivity contribution is 5.94. The van der Waals surface area contributed by atoms with Gasteiger partial charge in [0.05, 0.1) is 6.42 Å². The number of carbonyl (C=O) groups excluding carboxylic acids is 1. The van der Waals surface area contributed by atoms with Gasteiger partial charge in [0.1, 0.15) is 0 Å². The molecule has 0 heterocycles. The highest BCUT2D eigenvalue weighted by Gasteiger charge is 2.30. The third-order valence-electron chi connectivity index (χ3n) is 3.09. The predicted octanol–water partition coefficient (Wildman–Crippen LogP) is 2.32. The second kappa shape index (κ2) is 5.21. The van der Waals surface area contributed by atoms with E-state index in [1.165, 1.54) is 4.90 Å². The van der Waals surface area contributed by atoms with Crippen molar-refractivity contribution in [3.63, 3.8) is 0 Å². The summed E-state index contributed by atoms with van der Waals surface area (Å²) in [6, 6.07) is 7.24. The molecule has 0 bridgehead atoms. The van der Waals surface area contributed by atoms with Crippen molar-refractivity contribution in [2.24, 2.45) is 0 Å². The molecular weight excluding hydrogens is 230 g/mol. The molecule has 1 N–H and O–H groups in total. The molecule has 4 nitrogen and oxygen atoms in total. The lowest BCUT2D eigenvalue weighted by molar-refractivity contribution is -0.139. The Morgan fingerprint density at radius 3 is 2.17 bits per heavy atom. The fraction of sp³-hybridized carbons (Fsp3) is 0.429. The minimum atomic E-state index is -0.913. The first-order valence-electron chi connectivity index (χ1n) is 5.80. The highest BCUT2D eigenvalue weighted by atomic mass is 16.4. The average molecular weight is 249 g/mol. The van der Waals surface area contributed by atoms with E-state index < -0.39 is 11.5 Å². The molecule has 98 valence electrons. The van der Waals surface area contributed by atoms with Gasteiger partial charge in [0.15, 0.2) is 0 Å². The van der Waals surface area contributed by atoms with Gasteiger partial charge in [-0.3, -0.25) is 9.59 Å². The summed E-state index contributed by atoms with van der Waals surface area (Å²) in [5.74, 6) is -1.08. The zero-order chi connectivity index (χ0) is 13.9. The largest absolute Gasteiger partial charge is 0.481 e. The predicted molar refractivity (Wildman–Crippen MR) is 69.6 cm³/mol. The summed E-state index contributed by atoms with van der Waals surface area (Å²) in [6.45, 7) is 5.44. The van der Waals surface area contributed by atoms with Crippen LogP contribution in [-0.2, 0) is 4.79 Å². The van der Waals surface area contributed by atoms with Crippen molar-refractivity contribution in [2.45, 2.75) is 32.7 Å². The molecule has 18 heavy (non-hydrogen) atoms. The molecule has 0 aromatic heterocycles. The second-order valence-corrected chi connectivity index (χ2v) is 5.11. The molecule has 0 radical (unpaired) electrons. The Bertz CT molecular complexity index is 449. The third kappa shape index (κ3) is 3.32. The number of rotatable bonds is 4. The minimum Gasteiger partial charge on any atom is -0.481 e. The number of hydrogen-bond acceptors (Lipinski definition) is 2. The first-order chi connectivity index (χ1) is 8.24. The maximum absolute atomic E-state index is 12.2. The van der Waals surface area contributed by atoms with Gasteiger partial charge in [-0.25, -0.2) is 0 Å². The Labute approximate surface area is 107 Å². The van der Waals surface area contributed by atoms with Gasteiger partial charge in [0, 0.05) is 18.2 Å². The van der Waals surface area contributed by atoms with Crippen LogP contribution in [0.25, 0.3) is 0 Å². The quantitative estimate of drug-likeness (QED) is 0.891. The van der Waals surface area contributed by atoms with E-state index in [0.717, 1.165) is 5.56 Å². The van der Waals surface area contributed by atoms with Crippen molar-refractivity contribution in [1.29, 1.82) is 0 Å². The summed E-state index contributed by atoms with van der Waals surface area (Å²) in [7, 11) is 1.63. The van der Waals surface area contributed by atoms with Crippen LogP contribution < -0.4 is 0 Å². The van der Waals surface area contributed by atoms with E-state index in [2.05, 4.69) is 0 Å². The first-order valence-corrected chi connectivity index (χ1v) is 5.80. The van der Waals surface area contributed by atoms with Crippen LogP contribution in [0.15, 0.2) is 24.3 Å². The van der Waals surface area contributed by atoms with Crippen molar-refractivity contribution in [3.05, 3.63) is 35.4 Å². The molecule has 1 aromatic carbocycles. The van der Waals surface area contributed by atoms with Gasteiger partial charge in [-0.2, -0.15) is 0 Å². The maximum atomic E-state index is 12.2. The SMILES string of the molecule is Cc1ccc(C(=O)N(C)C(C)(C)CC(=O)O)cc1. The molecule has 0 fully saturated rings. The molecule has 0 unspecified atom stereocenters. The summed E-state index contributed by atoms with van der Waals surface area (Å²) in [5.41, 5.74) is 0.939. The van der Waals surface area contributed by atoms with E-state index in [-0.39, 0.29) is 12.3 Å². The monoisotopic (exact) mass is 249 g/mol. The average Bonchev–Trinajstić information content (AvgIpc) is 2.26. The van der Waals surface area contributed by atoms with E-state index in [4.69, 9.17) is 5.11 Å². The molecule has 1 amide bonds. The number of carboxylic acid groups (broad SMARTS) is 1. The van der Waals surface area contributed by atoms with Crippen molar-refractivity contribution in [3.8, 4) is 0 Å². The second-order valence-electron chi connectivity index (χ2n) is 5.11. The molecular formula is C14H19NO3. The molecule has 0 atom stereocenters. The molecule has 0 saturated carbocycles. The molecule has 1 rings (SSSR count). The van der Waals surface area contributed by atoms with E-state index in [0.29, 0.717) is 5.56 Å². The van der Waals surface area contributed by atoms with Gasteiger partial charge in [-0.15, -0.1) is 0 Å². The number of carboxylic acids is 1. The topological polar surface area (TPSA) is 57.6 Å². The van der Waals surface area contributed by atoms with Gasteiger partial charge < -0.3 is 10.0 Å². The lowest BCUT2D eigenvalue weighted by Gasteiger charge is -2.34.